The maximum atomic E-state index is 13.4. The summed E-state index contributed by atoms with van der Waals surface area (Å²) < 4.78 is 6.04. The highest BCUT2D eigenvalue weighted by atomic mass is 32.1. The molecule has 168 valence electrons. The monoisotopic (exact) mass is 443 g/mol. The average Bonchev–Trinajstić information content (AvgIpc) is 3.24. The average molecular weight is 444 g/mol. The minimum absolute atomic E-state index is 0.0363. The third kappa shape index (κ3) is 6.23. The summed E-state index contributed by atoms with van der Waals surface area (Å²) in [4.78, 5) is 30.8. The summed E-state index contributed by atoms with van der Waals surface area (Å²) in [6, 6.07) is 11.4. The van der Waals surface area contributed by atoms with E-state index in [9.17, 15) is 9.59 Å². The molecule has 3 rings (SSSR count). The molecule has 1 atom stereocenters. The van der Waals surface area contributed by atoms with Crippen molar-refractivity contribution in [2.24, 2.45) is 5.92 Å². The maximum absolute atomic E-state index is 13.4. The van der Waals surface area contributed by atoms with E-state index in [1.165, 1.54) is 4.88 Å². The first-order chi connectivity index (χ1) is 15.0. The highest BCUT2D eigenvalue weighted by Gasteiger charge is 2.33. The molecule has 0 saturated heterocycles. The summed E-state index contributed by atoms with van der Waals surface area (Å²) in [5, 5.41) is 4.99. The molecule has 7 heteroatoms. The van der Waals surface area contributed by atoms with Crippen molar-refractivity contribution in [3.63, 3.8) is 0 Å². The molecular weight excluding hydrogens is 410 g/mol. The number of ether oxygens (including phenoxy) is 1. The lowest BCUT2D eigenvalue weighted by molar-refractivity contribution is -0.135. The van der Waals surface area contributed by atoms with E-state index in [1.54, 1.807) is 16.2 Å². The lowest BCUT2D eigenvalue weighted by Crippen LogP contribution is -2.50. The summed E-state index contributed by atoms with van der Waals surface area (Å²) in [6.45, 7) is 8.39. The number of benzene rings is 1. The van der Waals surface area contributed by atoms with Gasteiger partial charge in [-0.05, 0) is 47.9 Å². The lowest BCUT2D eigenvalue weighted by atomic mass is 10.0. The van der Waals surface area contributed by atoms with Crippen LogP contribution in [0.25, 0.3) is 0 Å². The van der Waals surface area contributed by atoms with Crippen LogP contribution in [0.4, 0.5) is 4.79 Å². The number of hydrogen-bond acceptors (Lipinski definition) is 4. The molecule has 1 N–H and O–H groups in total. The Kier molecular flexibility index (Phi) is 8.35. The fourth-order valence-corrected chi connectivity index (χ4v) is 4.75. The summed E-state index contributed by atoms with van der Waals surface area (Å²) >= 11 is 1.73. The number of nitrogens with zero attached hydrogens (tertiary/aromatic N) is 2. The van der Waals surface area contributed by atoms with Crippen LogP contribution in [0.5, 0.6) is 5.75 Å². The Morgan fingerprint density at radius 2 is 2.03 bits per heavy atom. The fraction of sp³-hybridized carbons (Fsp3) is 0.500. The Hall–Kier alpha value is -2.54. The van der Waals surface area contributed by atoms with Gasteiger partial charge in [-0.15, -0.1) is 11.3 Å². The molecule has 1 aliphatic heterocycles. The van der Waals surface area contributed by atoms with Crippen molar-refractivity contribution in [3.05, 3.63) is 52.2 Å². The maximum Gasteiger partial charge on any atom is 0.317 e. The van der Waals surface area contributed by atoms with Crippen LogP contribution in [0, 0.1) is 5.92 Å². The molecule has 31 heavy (non-hydrogen) atoms. The standard InChI is InChI=1S/C24H33N3O3S/c1-4-12-25-24(29)26(15-18(2)3)16-23(28)27-13-10-22-20(11-14-31-22)21(27)17-30-19-8-6-5-7-9-19/h5-9,11,14,18,21H,4,10,12-13,15-17H2,1-3H3,(H,25,29)/t21-/m0/s1. The molecule has 0 saturated carbocycles. The molecule has 1 aromatic heterocycles. The summed E-state index contributed by atoms with van der Waals surface area (Å²) in [7, 11) is 0. The number of urea groups is 1. The van der Waals surface area contributed by atoms with Gasteiger partial charge in [0.25, 0.3) is 0 Å². The first kappa shape index (κ1) is 23.1. The summed E-state index contributed by atoms with van der Waals surface area (Å²) in [5.41, 5.74) is 1.16. The quantitative estimate of drug-likeness (QED) is 0.627. The van der Waals surface area contributed by atoms with Gasteiger partial charge in [-0.1, -0.05) is 39.0 Å². The topological polar surface area (TPSA) is 61.9 Å². The molecule has 0 radical (unpaired) electrons. The van der Waals surface area contributed by atoms with Gasteiger partial charge in [-0.25, -0.2) is 4.79 Å². The van der Waals surface area contributed by atoms with E-state index in [0.29, 0.717) is 26.2 Å². The molecule has 0 fully saturated rings. The molecule has 0 bridgehead atoms. The number of nitrogens with one attached hydrogen (secondary N) is 1. The molecule has 2 heterocycles. The molecular formula is C24H33N3O3S. The van der Waals surface area contributed by atoms with Crippen molar-refractivity contribution in [2.45, 2.75) is 39.7 Å². The van der Waals surface area contributed by atoms with E-state index in [2.05, 4.69) is 30.6 Å². The van der Waals surface area contributed by atoms with Crippen molar-refractivity contribution in [2.75, 3.05) is 32.8 Å². The molecule has 0 unspecified atom stereocenters. The first-order valence-corrected chi connectivity index (χ1v) is 11.9. The second-order valence-corrected chi connectivity index (χ2v) is 9.28. The zero-order chi connectivity index (χ0) is 22.2. The van der Waals surface area contributed by atoms with Crippen molar-refractivity contribution in [1.82, 2.24) is 15.1 Å². The van der Waals surface area contributed by atoms with Gasteiger partial charge in [0.1, 0.15) is 18.9 Å². The normalized spacial score (nSPS) is 15.5. The lowest BCUT2D eigenvalue weighted by Gasteiger charge is -2.37. The zero-order valence-electron chi connectivity index (χ0n) is 18.7. The van der Waals surface area contributed by atoms with Gasteiger partial charge in [0.15, 0.2) is 0 Å². The highest BCUT2D eigenvalue weighted by Crippen LogP contribution is 2.34. The Bertz CT molecular complexity index is 853. The number of rotatable bonds is 9. The molecule has 6 nitrogen and oxygen atoms in total. The second kappa shape index (κ2) is 11.2. The van der Waals surface area contributed by atoms with E-state index in [0.717, 1.165) is 24.2 Å². The summed E-state index contributed by atoms with van der Waals surface area (Å²) in [5.74, 6) is 1.03. The summed E-state index contributed by atoms with van der Waals surface area (Å²) in [6.07, 6.45) is 1.70. The van der Waals surface area contributed by atoms with Crippen molar-refractivity contribution in [1.29, 1.82) is 0 Å². The Morgan fingerprint density at radius 1 is 1.26 bits per heavy atom. The number of carbonyl (C=O) groups is 2. The predicted octanol–water partition coefficient (Wildman–Crippen LogP) is 4.33. The molecule has 1 aromatic carbocycles. The van der Waals surface area contributed by atoms with Gasteiger partial charge < -0.3 is 19.9 Å². The number of para-hydroxylation sites is 1. The van der Waals surface area contributed by atoms with E-state index in [1.807, 2.05) is 42.2 Å². The Balaban J connectivity index is 1.74. The van der Waals surface area contributed by atoms with Crippen LogP contribution in [0.2, 0.25) is 0 Å². The Morgan fingerprint density at radius 3 is 2.74 bits per heavy atom. The SMILES string of the molecule is CCCNC(=O)N(CC(=O)N1CCc2sccc2[C@@H]1COc1ccccc1)CC(C)C. The van der Waals surface area contributed by atoms with Gasteiger partial charge >= 0.3 is 6.03 Å². The third-order valence-electron chi connectivity index (χ3n) is 5.29. The van der Waals surface area contributed by atoms with Crippen LogP contribution in [0.15, 0.2) is 41.8 Å². The van der Waals surface area contributed by atoms with Gasteiger partial charge in [0, 0.05) is 24.5 Å². The number of fused-ring (bicyclic) bond motifs is 1. The van der Waals surface area contributed by atoms with Gasteiger partial charge in [0.2, 0.25) is 5.91 Å². The molecule has 3 amide bonds. The minimum Gasteiger partial charge on any atom is -0.491 e. The number of thiophene rings is 1. The second-order valence-electron chi connectivity index (χ2n) is 8.28. The Labute approximate surface area is 189 Å². The van der Waals surface area contributed by atoms with Crippen molar-refractivity contribution >= 4 is 23.3 Å². The predicted molar refractivity (Wildman–Crippen MR) is 125 cm³/mol. The van der Waals surface area contributed by atoms with E-state index in [-0.39, 0.29) is 30.4 Å². The first-order valence-electron chi connectivity index (χ1n) is 11.1. The largest absolute Gasteiger partial charge is 0.491 e. The number of carbonyl (C=O) groups excluding carboxylic acids is 2. The number of amides is 3. The van der Waals surface area contributed by atoms with Crippen molar-refractivity contribution < 1.29 is 14.3 Å². The van der Waals surface area contributed by atoms with E-state index in [4.69, 9.17) is 4.74 Å². The number of hydrogen-bond donors (Lipinski definition) is 1. The highest BCUT2D eigenvalue weighted by molar-refractivity contribution is 7.10. The van der Waals surface area contributed by atoms with Crippen LogP contribution in [-0.2, 0) is 11.2 Å². The smallest absolute Gasteiger partial charge is 0.317 e. The third-order valence-corrected chi connectivity index (χ3v) is 6.29. The molecule has 0 aliphatic carbocycles. The van der Waals surface area contributed by atoms with Gasteiger partial charge in [-0.2, -0.15) is 0 Å². The fourth-order valence-electron chi connectivity index (χ4n) is 3.82. The zero-order valence-corrected chi connectivity index (χ0v) is 19.5. The molecule has 1 aliphatic rings. The van der Waals surface area contributed by atoms with E-state index < -0.39 is 0 Å². The van der Waals surface area contributed by atoms with Gasteiger partial charge in [-0.3, -0.25) is 4.79 Å². The van der Waals surface area contributed by atoms with Crippen LogP contribution in [0.1, 0.15) is 43.7 Å². The van der Waals surface area contributed by atoms with Crippen LogP contribution >= 0.6 is 11.3 Å². The van der Waals surface area contributed by atoms with E-state index >= 15 is 0 Å². The van der Waals surface area contributed by atoms with Crippen LogP contribution in [0.3, 0.4) is 0 Å². The molecule has 2 aromatic rings. The van der Waals surface area contributed by atoms with Crippen molar-refractivity contribution in [3.8, 4) is 5.75 Å². The van der Waals surface area contributed by atoms with Crippen LogP contribution in [-0.4, -0.2) is 54.5 Å². The molecule has 0 spiro atoms. The van der Waals surface area contributed by atoms with Crippen LogP contribution < -0.4 is 10.1 Å². The minimum atomic E-state index is -0.172. The van der Waals surface area contributed by atoms with Gasteiger partial charge in [0.05, 0.1) is 6.04 Å².